The summed E-state index contributed by atoms with van der Waals surface area (Å²) in [6.45, 7) is 0. The molecule has 0 aliphatic carbocycles. The first-order chi connectivity index (χ1) is 66.9. The van der Waals surface area contributed by atoms with Crippen LogP contribution in [0.3, 0.4) is 0 Å². The van der Waals surface area contributed by atoms with Crippen LogP contribution in [0.2, 0.25) is 0 Å². The van der Waals surface area contributed by atoms with Crippen molar-refractivity contribution in [3.8, 4) is 158 Å². The summed E-state index contributed by atoms with van der Waals surface area (Å²) in [6.07, 6.45) is 0. The van der Waals surface area contributed by atoms with Crippen LogP contribution in [-0.2, 0) is 0 Å². The lowest BCUT2D eigenvalue weighted by molar-refractivity contribution is 0.669. The third-order valence-electron chi connectivity index (χ3n) is 24.9. The number of para-hydroxylation sites is 2. The molecule has 0 saturated carbocycles. The Balaban J connectivity index is 0.000000111. The van der Waals surface area contributed by atoms with Crippen molar-refractivity contribution in [2.24, 2.45) is 0 Å². The molecular formula is C123H77N9O2S. The van der Waals surface area contributed by atoms with Crippen LogP contribution in [0.5, 0.6) is 0 Å². The summed E-state index contributed by atoms with van der Waals surface area (Å²) in [5.74, 6) is 5.75. The van der Waals surface area contributed by atoms with Gasteiger partial charge < -0.3 is 8.83 Å². The van der Waals surface area contributed by atoms with Gasteiger partial charge in [-0.15, -0.1) is 11.3 Å². The molecule has 26 aromatic rings. The first kappa shape index (κ1) is 80.4. The lowest BCUT2D eigenvalue weighted by atomic mass is 9.88. The fourth-order valence-electron chi connectivity index (χ4n) is 18.6. The molecule has 6 heterocycles. The zero-order valence-corrected chi connectivity index (χ0v) is 73.5. The summed E-state index contributed by atoms with van der Waals surface area (Å²) in [5, 5.41) is 14.0. The van der Waals surface area contributed by atoms with Gasteiger partial charge in [-0.3, -0.25) is 0 Å². The molecule has 0 saturated heterocycles. The minimum absolute atomic E-state index is 0.622. The molecule has 0 fully saturated rings. The standard InChI is InChI=1S/C43H27N3O.C43H27N3S.C37H23N3O/c1-3-12-28(13-4-1)29-22-24-31(25-23-29)42-44-41(30-14-5-2-6-15-30)45-43(46-42)34-18-11-17-33(26-34)39-35-19-8-7-16-32(35)27-38-40(39)36-20-9-10-21-37(36)47-38;1-4-14-28(15-5-1)31-24-25-34(39-33-21-11-10-20-32(33)27-38-40(39)35-22-12-13-23-37(35)47-38)36(26-31)43-45-41(29-16-6-2-7-17-29)44-42(46-43)30-18-8-3-9-19-30;1-3-12-24(13-4-1)35-38-36(25-14-5-2-6-15-25)40-37(39-35)28-18-11-17-27(22-28)33-29-19-8-7-16-26(29)23-32-34(33)30-20-9-10-21-31(30)41-32/h2*1-27H;1-23H. The lowest BCUT2D eigenvalue weighted by Gasteiger charge is -2.17. The molecule has 0 atom stereocenters. The Morgan fingerprint density at radius 3 is 0.844 bits per heavy atom. The van der Waals surface area contributed by atoms with Crippen LogP contribution < -0.4 is 0 Å². The Morgan fingerprint density at radius 1 is 0.148 bits per heavy atom. The van der Waals surface area contributed by atoms with E-state index in [4.69, 9.17) is 53.7 Å². The molecule has 632 valence electrons. The maximum Gasteiger partial charge on any atom is 0.164 e. The fourth-order valence-corrected chi connectivity index (χ4v) is 19.7. The number of fused-ring (bicyclic) bond motifs is 12. The average molecular weight is 1750 g/mol. The van der Waals surface area contributed by atoms with Gasteiger partial charge in [0.1, 0.15) is 22.3 Å². The highest BCUT2D eigenvalue weighted by Gasteiger charge is 2.26. The van der Waals surface area contributed by atoms with Crippen molar-refractivity contribution in [2.75, 3.05) is 0 Å². The van der Waals surface area contributed by atoms with Gasteiger partial charge in [-0.1, -0.05) is 413 Å². The predicted octanol–water partition coefficient (Wildman–Crippen LogP) is 32.6. The van der Waals surface area contributed by atoms with Gasteiger partial charge in [0, 0.05) is 103 Å². The molecular weight excluding hydrogens is 1670 g/mol. The van der Waals surface area contributed by atoms with E-state index in [0.717, 1.165) is 149 Å². The van der Waals surface area contributed by atoms with E-state index in [1.165, 1.54) is 52.8 Å². The quantitative estimate of drug-likeness (QED) is 0.103. The molecule has 11 nitrogen and oxygen atoms in total. The van der Waals surface area contributed by atoms with Crippen molar-refractivity contribution < 1.29 is 8.83 Å². The van der Waals surface area contributed by atoms with Crippen molar-refractivity contribution >= 4 is 108 Å². The molecule has 0 radical (unpaired) electrons. The Labute approximate surface area is 781 Å². The molecule has 0 amide bonds. The van der Waals surface area contributed by atoms with Crippen LogP contribution >= 0.6 is 11.3 Å². The minimum Gasteiger partial charge on any atom is -0.456 e. The van der Waals surface area contributed by atoms with Crippen molar-refractivity contribution in [2.45, 2.75) is 0 Å². The molecule has 12 heteroatoms. The van der Waals surface area contributed by atoms with Gasteiger partial charge in [-0.25, -0.2) is 44.9 Å². The summed E-state index contributed by atoms with van der Waals surface area (Å²) in [5.41, 5.74) is 23.3. The zero-order valence-electron chi connectivity index (χ0n) is 72.7. The first-order valence-electron chi connectivity index (χ1n) is 45.0. The van der Waals surface area contributed by atoms with E-state index in [9.17, 15) is 0 Å². The van der Waals surface area contributed by atoms with Crippen LogP contribution in [0.25, 0.3) is 254 Å². The third-order valence-corrected chi connectivity index (χ3v) is 26.1. The van der Waals surface area contributed by atoms with Crippen molar-refractivity contribution in [3.05, 3.63) is 467 Å². The summed E-state index contributed by atoms with van der Waals surface area (Å²) in [6, 6.07) is 161. The van der Waals surface area contributed by atoms with Gasteiger partial charge in [0.2, 0.25) is 0 Å². The van der Waals surface area contributed by atoms with Crippen molar-refractivity contribution in [1.82, 2.24) is 44.9 Å². The van der Waals surface area contributed by atoms with E-state index >= 15 is 0 Å². The molecule has 0 bridgehead atoms. The number of aromatic nitrogens is 9. The molecule has 20 aromatic carbocycles. The minimum atomic E-state index is 0.622. The number of hydrogen-bond acceptors (Lipinski definition) is 12. The van der Waals surface area contributed by atoms with Crippen molar-refractivity contribution in [1.29, 1.82) is 0 Å². The smallest absolute Gasteiger partial charge is 0.164 e. The second kappa shape index (κ2) is 35.1. The number of rotatable bonds is 14. The van der Waals surface area contributed by atoms with E-state index < -0.39 is 0 Å². The molecule has 0 unspecified atom stereocenters. The van der Waals surface area contributed by atoms with Crippen LogP contribution in [0, 0.1) is 0 Å². The van der Waals surface area contributed by atoms with E-state index in [1.54, 1.807) is 0 Å². The van der Waals surface area contributed by atoms with E-state index in [-0.39, 0.29) is 0 Å². The Kier molecular flexibility index (Phi) is 20.9. The summed E-state index contributed by atoms with van der Waals surface area (Å²) in [4.78, 5) is 45.2. The van der Waals surface area contributed by atoms with Gasteiger partial charge in [0.25, 0.3) is 0 Å². The van der Waals surface area contributed by atoms with Gasteiger partial charge in [-0.2, -0.15) is 0 Å². The maximum atomic E-state index is 6.37. The van der Waals surface area contributed by atoms with Crippen LogP contribution in [0.1, 0.15) is 0 Å². The number of hydrogen-bond donors (Lipinski definition) is 0. The number of furan rings is 2. The molecule has 0 aliphatic rings. The predicted molar refractivity (Wildman–Crippen MR) is 556 cm³/mol. The fraction of sp³-hybridized carbons (Fsp3) is 0. The number of nitrogens with zero attached hydrogens (tertiary/aromatic N) is 9. The third kappa shape index (κ3) is 15.6. The van der Waals surface area contributed by atoms with E-state index in [2.05, 4.69) is 309 Å². The normalized spacial score (nSPS) is 11.4. The molecule has 6 aromatic heterocycles. The van der Waals surface area contributed by atoms with Gasteiger partial charge in [0.05, 0.1) is 0 Å². The van der Waals surface area contributed by atoms with E-state index in [1.807, 2.05) is 169 Å². The SMILES string of the molecule is c1ccc(-c2ccc(-c3c4ccccc4cc4sc5ccccc5c34)c(-c3nc(-c4ccccc4)nc(-c4ccccc4)n3)c2)cc1.c1ccc(-c2ccc(-c3nc(-c4ccccc4)nc(-c4cccc(-c5c6ccccc6cc6oc7ccccc7c56)c4)n3)cc2)cc1.c1ccc(-c2nc(-c3ccccc3)nc(-c3cccc(-c4c5ccccc5cc5oc6ccccc6c45)c3)n2)cc1. The Bertz CT molecular complexity index is 8860. The van der Waals surface area contributed by atoms with Gasteiger partial charge in [0.15, 0.2) is 52.4 Å². The van der Waals surface area contributed by atoms with Crippen LogP contribution in [0.4, 0.5) is 0 Å². The Morgan fingerprint density at radius 2 is 0.430 bits per heavy atom. The molecule has 0 aliphatic heterocycles. The molecule has 0 spiro atoms. The topological polar surface area (TPSA) is 142 Å². The van der Waals surface area contributed by atoms with Gasteiger partial charge in [-0.05, 0) is 131 Å². The zero-order chi connectivity index (χ0) is 89.5. The molecule has 26 rings (SSSR count). The van der Waals surface area contributed by atoms with Gasteiger partial charge >= 0.3 is 0 Å². The second-order valence-corrected chi connectivity index (χ2v) is 34.4. The van der Waals surface area contributed by atoms with Crippen LogP contribution in [-0.4, -0.2) is 44.9 Å². The summed E-state index contributed by atoms with van der Waals surface area (Å²) >= 11 is 1.85. The number of thiophene rings is 1. The highest BCUT2D eigenvalue weighted by atomic mass is 32.1. The monoisotopic (exact) mass is 1740 g/mol. The summed E-state index contributed by atoms with van der Waals surface area (Å²) in [7, 11) is 0. The highest BCUT2D eigenvalue weighted by molar-refractivity contribution is 7.26. The van der Waals surface area contributed by atoms with E-state index in [0.29, 0.717) is 52.4 Å². The van der Waals surface area contributed by atoms with Crippen LogP contribution in [0.15, 0.2) is 476 Å². The number of benzene rings is 20. The van der Waals surface area contributed by atoms with Crippen molar-refractivity contribution in [3.63, 3.8) is 0 Å². The maximum absolute atomic E-state index is 6.37. The lowest BCUT2D eigenvalue weighted by Crippen LogP contribution is -2.01. The highest BCUT2D eigenvalue weighted by Crippen LogP contribution is 2.50. The second-order valence-electron chi connectivity index (χ2n) is 33.3. The molecule has 135 heavy (non-hydrogen) atoms. The Hall–Kier alpha value is -18.0. The molecule has 0 N–H and O–H groups in total. The first-order valence-corrected chi connectivity index (χ1v) is 45.8. The largest absolute Gasteiger partial charge is 0.456 e. The average Bonchev–Trinajstić information content (AvgIpc) is 1.62. The summed E-state index contributed by atoms with van der Waals surface area (Å²) < 4.78 is 15.2.